The number of ether oxygens (including phenoxy) is 1. The highest BCUT2D eigenvalue weighted by Crippen LogP contribution is 2.23. The number of aliphatic carboxylic acids is 1. The first-order valence-electron chi connectivity index (χ1n) is 6.85. The number of methoxy groups -OCH3 is 1. The molecule has 21 heavy (non-hydrogen) atoms. The highest BCUT2D eigenvalue weighted by molar-refractivity contribution is 6.35. The van der Waals surface area contributed by atoms with Crippen LogP contribution in [-0.2, 0) is 14.3 Å². The number of carbonyl (C=O) groups is 2. The van der Waals surface area contributed by atoms with Gasteiger partial charge in [0, 0.05) is 0 Å². The molecule has 5 nitrogen and oxygen atoms in total. The van der Waals surface area contributed by atoms with Gasteiger partial charge in [-0.15, -0.1) is 0 Å². The van der Waals surface area contributed by atoms with Crippen LogP contribution in [0.1, 0.15) is 38.3 Å². The van der Waals surface area contributed by atoms with E-state index in [0.29, 0.717) is 6.42 Å². The first kappa shape index (κ1) is 16.9. The molecule has 0 aliphatic heterocycles. The summed E-state index contributed by atoms with van der Waals surface area (Å²) in [4.78, 5) is 27.1. The Morgan fingerprint density at radius 3 is 2.29 bits per heavy atom. The topological polar surface area (TPSA) is 76.0 Å². The van der Waals surface area contributed by atoms with Gasteiger partial charge in [0.1, 0.15) is 5.71 Å². The molecule has 0 saturated carbocycles. The lowest BCUT2D eigenvalue weighted by atomic mass is 10.0. The van der Waals surface area contributed by atoms with Gasteiger partial charge in [0.25, 0.3) is 0 Å². The van der Waals surface area contributed by atoms with Gasteiger partial charge in [-0.3, -0.25) is 9.79 Å². The minimum absolute atomic E-state index is 0.0232. The molecule has 0 radical (unpaired) electrons. The van der Waals surface area contributed by atoms with E-state index in [2.05, 4.69) is 9.73 Å². The Labute approximate surface area is 124 Å². The first-order valence-corrected chi connectivity index (χ1v) is 6.85. The zero-order valence-electron chi connectivity index (χ0n) is 12.6. The molecule has 1 N–H and O–H groups in total. The van der Waals surface area contributed by atoms with Crippen LogP contribution in [0.3, 0.4) is 0 Å². The average molecular weight is 291 g/mol. The van der Waals surface area contributed by atoms with Crippen molar-refractivity contribution in [1.82, 2.24) is 0 Å². The Balaban J connectivity index is 3.10. The zero-order valence-corrected chi connectivity index (χ0v) is 12.6. The summed E-state index contributed by atoms with van der Waals surface area (Å²) in [5, 5.41) is 9.26. The van der Waals surface area contributed by atoms with Crippen LogP contribution in [0.25, 0.3) is 0 Å². The van der Waals surface area contributed by atoms with Crippen molar-refractivity contribution in [1.29, 1.82) is 0 Å². The van der Waals surface area contributed by atoms with Gasteiger partial charge in [-0.05, 0) is 17.9 Å². The average Bonchev–Trinajstić information content (AvgIpc) is 2.45. The van der Waals surface area contributed by atoms with Crippen molar-refractivity contribution in [2.45, 2.75) is 32.7 Å². The van der Waals surface area contributed by atoms with E-state index in [-0.39, 0.29) is 18.1 Å². The quantitative estimate of drug-likeness (QED) is 0.619. The SMILES string of the molecule is COC(=O)CC(N=C(CC(C)C)C(=O)O)c1ccccc1. The van der Waals surface area contributed by atoms with Crippen molar-refractivity contribution in [3.63, 3.8) is 0 Å². The maximum absolute atomic E-state index is 11.5. The largest absolute Gasteiger partial charge is 0.477 e. The van der Waals surface area contributed by atoms with Crippen molar-refractivity contribution in [3.05, 3.63) is 35.9 Å². The van der Waals surface area contributed by atoms with Crippen LogP contribution < -0.4 is 0 Å². The Kier molecular flexibility index (Phi) is 6.59. The summed E-state index contributed by atoms with van der Waals surface area (Å²) < 4.78 is 4.67. The fourth-order valence-electron chi connectivity index (χ4n) is 1.92. The third-order valence-electron chi connectivity index (χ3n) is 2.93. The first-order chi connectivity index (χ1) is 9.93. The van der Waals surface area contributed by atoms with Crippen LogP contribution in [0.5, 0.6) is 0 Å². The molecular weight excluding hydrogens is 270 g/mol. The summed E-state index contributed by atoms with van der Waals surface area (Å²) in [5.41, 5.74) is 0.883. The third-order valence-corrected chi connectivity index (χ3v) is 2.93. The summed E-state index contributed by atoms with van der Waals surface area (Å²) >= 11 is 0. The van der Waals surface area contributed by atoms with Crippen molar-refractivity contribution in [2.24, 2.45) is 10.9 Å². The van der Waals surface area contributed by atoms with E-state index in [9.17, 15) is 14.7 Å². The Morgan fingerprint density at radius 2 is 1.81 bits per heavy atom. The van der Waals surface area contributed by atoms with Gasteiger partial charge >= 0.3 is 11.9 Å². The molecule has 5 heteroatoms. The van der Waals surface area contributed by atoms with Gasteiger partial charge in [-0.2, -0.15) is 0 Å². The molecule has 0 amide bonds. The van der Waals surface area contributed by atoms with Crippen LogP contribution in [0.15, 0.2) is 35.3 Å². The Bertz CT molecular complexity index is 508. The van der Waals surface area contributed by atoms with Crippen LogP contribution >= 0.6 is 0 Å². The summed E-state index contributed by atoms with van der Waals surface area (Å²) in [6, 6.07) is 8.63. The summed E-state index contributed by atoms with van der Waals surface area (Å²) in [7, 11) is 1.31. The molecule has 0 aliphatic rings. The molecule has 0 saturated heterocycles. The minimum Gasteiger partial charge on any atom is -0.477 e. The fourth-order valence-corrected chi connectivity index (χ4v) is 1.92. The van der Waals surface area contributed by atoms with E-state index >= 15 is 0 Å². The van der Waals surface area contributed by atoms with Gasteiger partial charge in [0.15, 0.2) is 0 Å². The molecule has 1 rings (SSSR count). The van der Waals surface area contributed by atoms with E-state index in [1.54, 1.807) is 0 Å². The lowest BCUT2D eigenvalue weighted by Crippen LogP contribution is -2.18. The van der Waals surface area contributed by atoms with E-state index in [1.807, 2.05) is 44.2 Å². The van der Waals surface area contributed by atoms with Crippen LogP contribution in [0, 0.1) is 5.92 Å². The van der Waals surface area contributed by atoms with E-state index < -0.39 is 18.0 Å². The number of carboxylic acid groups (broad SMARTS) is 1. The summed E-state index contributed by atoms with van der Waals surface area (Å²) in [6.07, 6.45) is 0.384. The second kappa shape index (κ2) is 8.19. The molecular formula is C16H21NO4. The number of benzene rings is 1. The number of rotatable bonds is 7. The number of hydrogen-bond donors (Lipinski definition) is 1. The zero-order chi connectivity index (χ0) is 15.8. The number of hydrogen-bond acceptors (Lipinski definition) is 4. The molecule has 0 aromatic heterocycles. The van der Waals surface area contributed by atoms with Crippen LogP contribution in [-0.4, -0.2) is 29.9 Å². The van der Waals surface area contributed by atoms with Crippen molar-refractivity contribution in [3.8, 4) is 0 Å². The second-order valence-corrected chi connectivity index (χ2v) is 5.19. The molecule has 1 unspecified atom stereocenters. The third kappa shape index (κ3) is 5.77. The summed E-state index contributed by atoms with van der Waals surface area (Å²) in [5.74, 6) is -1.29. The molecule has 0 fully saturated rings. The molecule has 0 bridgehead atoms. The molecule has 1 atom stereocenters. The van der Waals surface area contributed by atoms with Crippen LogP contribution in [0.2, 0.25) is 0 Å². The molecule has 1 aromatic carbocycles. The van der Waals surface area contributed by atoms with Crippen molar-refractivity contribution in [2.75, 3.05) is 7.11 Å². The maximum Gasteiger partial charge on any atom is 0.349 e. The number of aliphatic imine (C=N–C) groups is 1. The molecule has 0 heterocycles. The molecule has 0 spiro atoms. The van der Waals surface area contributed by atoms with Crippen molar-refractivity contribution < 1.29 is 19.4 Å². The number of carboxylic acids is 1. The van der Waals surface area contributed by atoms with Crippen molar-refractivity contribution >= 4 is 17.7 Å². The van der Waals surface area contributed by atoms with Gasteiger partial charge in [0.05, 0.1) is 19.6 Å². The molecule has 114 valence electrons. The normalized spacial score (nSPS) is 13.0. The number of nitrogens with zero attached hydrogens (tertiary/aromatic N) is 1. The van der Waals surface area contributed by atoms with Crippen LogP contribution in [0.4, 0.5) is 0 Å². The smallest absolute Gasteiger partial charge is 0.349 e. The highest BCUT2D eigenvalue weighted by Gasteiger charge is 2.19. The second-order valence-electron chi connectivity index (χ2n) is 5.19. The monoisotopic (exact) mass is 291 g/mol. The predicted octanol–water partition coefficient (Wildman–Crippen LogP) is 2.86. The Morgan fingerprint density at radius 1 is 1.19 bits per heavy atom. The van der Waals surface area contributed by atoms with Gasteiger partial charge < -0.3 is 9.84 Å². The van der Waals surface area contributed by atoms with Gasteiger partial charge in [-0.25, -0.2) is 4.79 Å². The number of carbonyl (C=O) groups excluding carboxylic acids is 1. The lowest BCUT2D eigenvalue weighted by Gasteiger charge is -2.14. The lowest BCUT2D eigenvalue weighted by molar-refractivity contribution is -0.141. The fraction of sp³-hybridized carbons (Fsp3) is 0.438. The maximum atomic E-state index is 11.5. The summed E-state index contributed by atoms with van der Waals surface area (Å²) in [6.45, 7) is 3.85. The molecule has 0 aliphatic carbocycles. The minimum atomic E-state index is -1.05. The molecule has 1 aromatic rings. The predicted molar refractivity (Wildman–Crippen MR) is 80.3 cm³/mol. The highest BCUT2D eigenvalue weighted by atomic mass is 16.5. The standard InChI is InChI=1S/C16H21NO4/c1-11(2)9-14(16(19)20)17-13(10-15(18)21-3)12-7-5-4-6-8-12/h4-8,11,13H,9-10H2,1-3H3,(H,19,20). The van der Waals surface area contributed by atoms with Gasteiger partial charge in [-0.1, -0.05) is 44.2 Å². The van der Waals surface area contributed by atoms with E-state index in [1.165, 1.54) is 7.11 Å². The number of esters is 1. The van der Waals surface area contributed by atoms with E-state index in [0.717, 1.165) is 5.56 Å². The van der Waals surface area contributed by atoms with E-state index in [4.69, 9.17) is 0 Å². The Hall–Kier alpha value is -2.17. The van der Waals surface area contributed by atoms with Gasteiger partial charge in [0.2, 0.25) is 0 Å².